The number of carboxylic acids is 1. The minimum Gasteiger partial charge on any atom is -0.479 e. The number of carbonyl (C=O) groups excluding carboxylic acids is 1. The summed E-state index contributed by atoms with van der Waals surface area (Å²) >= 11 is 0. The first kappa shape index (κ1) is 14.4. The van der Waals surface area contributed by atoms with E-state index in [9.17, 15) is 14.7 Å². The lowest BCUT2D eigenvalue weighted by atomic mass is 9.91. The topological polar surface area (TPSA) is 95.7 Å². The molecule has 110 valence electrons. The van der Waals surface area contributed by atoms with E-state index in [0.717, 1.165) is 6.42 Å². The molecule has 1 aromatic heterocycles. The van der Waals surface area contributed by atoms with E-state index in [-0.39, 0.29) is 12.6 Å². The highest BCUT2D eigenvalue weighted by molar-refractivity contribution is 5.87. The van der Waals surface area contributed by atoms with E-state index >= 15 is 0 Å². The van der Waals surface area contributed by atoms with E-state index in [1.807, 2.05) is 6.92 Å². The van der Waals surface area contributed by atoms with Gasteiger partial charge in [0.2, 0.25) is 0 Å². The van der Waals surface area contributed by atoms with Crippen molar-refractivity contribution in [1.29, 1.82) is 0 Å². The highest BCUT2D eigenvalue weighted by Crippen LogP contribution is 2.34. The smallest absolute Gasteiger partial charge is 0.329 e. The molecule has 2 heterocycles. The van der Waals surface area contributed by atoms with Crippen molar-refractivity contribution < 1.29 is 19.2 Å². The molecule has 1 fully saturated rings. The molecule has 1 saturated heterocycles. The molecular formula is C13H19N3O4. The van der Waals surface area contributed by atoms with Crippen LogP contribution in [0, 0.1) is 0 Å². The first-order chi connectivity index (χ1) is 9.60. The normalized spacial score (nSPS) is 21.9. The van der Waals surface area contributed by atoms with Gasteiger partial charge in [0.25, 0.3) is 0 Å². The van der Waals surface area contributed by atoms with E-state index in [0.29, 0.717) is 31.5 Å². The summed E-state index contributed by atoms with van der Waals surface area (Å²) in [6.45, 7) is 2.62. The maximum absolute atomic E-state index is 12.2. The van der Waals surface area contributed by atoms with E-state index < -0.39 is 11.5 Å². The van der Waals surface area contributed by atoms with E-state index in [1.165, 1.54) is 11.2 Å². The molecule has 1 aliphatic heterocycles. The Labute approximate surface area is 116 Å². The maximum atomic E-state index is 12.2. The summed E-state index contributed by atoms with van der Waals surface area (Å²) in [6, 6.07) is 1.29. The fourth-order valence-corrected chi connectivity index (χ4v) is 2.77. The molecule has 2 rings (SSSR count). The molecule has 7 nitrogen and oxygen atoms in total. The van der Waals surface area contributed by atoms with Crippen molar-refractivity contribution in [3.05, 3.63) is 18.0 Å². The van der Waals surface area contributed by atoms with Crippen molar-refractivity contribution in [2.45, 2.75) is 44.7 Å². The largest absolute Gasteiger partial charge is 0.479 e. The summed E-state index contributed by atoms with van der Waals surface area (Å²) in [5, 5.41) is 15.9. The third-order valence-electron chi connectivity index (χ3n) is 3.71. The SMILES string of the molecule is CCCC1(C(=O)O)CCCN1C(=O)NCc1ccon1. The Morgan fingerprint density at radius 1 is 1.60 bits per heavy atom. The third kappa shape index (κ3) is 2.61. The van der Waals surface area contributed by atoms with Crippen LogP contribution in [0.4, 0.5) is 4.79 Å². The predicted molar refractivity (Wildman–Crippen MR) is 70.0 cm³/mol. The maximum Gasteiger partial charge on any atom is 0.329 e. The van der Waals surface area contributed by atoms with Crippen LogP contribution in [0.1, 0.15) is 38.3 Å². The number of aromatic nitrogens is 1. The summed E-state index contributed by atoms with van der Waals surface area (Å²) in [7, 11) is 0. The number of carbonyl (C=O) groups is 2. The van der Waals surface area contributed by atoms with Gasteiger partial charge in [-0.25, -0.2) is 9.59 Å². The van der Waals surface area contributed by atoms with Gasteiger partial charge in [-0.15, -0.1) is 0 Å². The van der Waals surface area contributed by atoms with Crippen LogP contribution in [-0.2, 0) is 11.3 Å². The number of amides is 2. The minimum atomic E-state index is -1.07. The molecular weight excluding hydrogens is 262 g/mol. The molecule has 1 aliphatic rings. The van der Waals surface area contributed by atoms with Crippen molar-refractivity contribution >= 4 is 12.0 Å². The molecule has 0 radical (unpaired) electrons. The second-order valence-electron chi connectivity index (χ2n) is 4.99. The molecule has 2 amide bonds. The second-order valence-corrected chi connectivity index (χ2v) is 4.99. The Bertz CT molecular complexity index is 474. The Morgan fingerprint density at radius 2 is 2.40 bits per heavy atom. The Kier molecular flexibility index (Phi) is 4.26. The van der Waals surface area contributed by atoms with Gasteiger partial charge in [0, 0.05) is 12.6 Å². The Morgan fingerprint density at radius 3 is 3.00 bits per heavy atom. The molecule has 0 aromatic carbocycles. The van der Waals surface area contributed by atoms with Gasteiger partial charge in [0.05, 0.1) is 6.54 Å². The van der Waals surface area contributed by atoms with Gasteiger partial charge in [-0.05, 0) is 19.3 Å². The lowest BCUT2D eigenvalue weighted by molar-refractivity contribution is -0.148. The van der Waals surface area contributed by atoms with Crippen molar-refractivity contribution in [3.63, 3.8) is 0 Å². The van der Waals surface area contributed by atoms with Gasteiger partial charge >= 0.3 is 12.0 Å². The third-order valence-corrected chi connectivity index (χ3v) is 3.71. The fraction of sp³-hybridized carbons (Fsp3) is 0.615. The number of rotatable bonds is 5. The van der Waals surface area contributed by atoms with E-state index in [2.05, 4.69) is 15.0 Å². The van der Waals surface area contributed by atoms with Gasteiger partial charge in [0.15, 0.2) is 0 Å². The Balaban J connectivity index is 2.05. The minimum absolute atomic E-state index is 0.230. The zero-order valence-electron chi connectivity index (χ0n) is 11.5. The molecule has 0 spiro atoms. The Hall–Kier alpha value is -2.05. The van der Waals surface area contributed by atoms with Gasteiger partial charge in [0.1, 0.15) is 17.5 Å². The zero-order chi connectivity index (χ0) is 14.6. The van der Waals surface area contributed by atoms with Gasteiger partial charge in [-0.1, -0.05) is 18.5 Å². The van der Waals surface area contributed by atoms with Crippen LogP contribution in [0.25, 0.3) is 0 Å². The lowest BCUT2D eigenvalue weighted by Gasteiger charge is -2.34. The molecule has 2 N–H and O–H groups in total. The lowest BCUT2D eigenvalue weighted by Crippen LogP contribution is -2.55. The predicted octanol–water partition coefficient (Wildman–Crippen LogP) is 1.60. The number of hydrogen-bond acceptors (Lipinski definition) is 4. The van der Waals surface area contributed by atoms with Crippen LogP contribution in [0.3, 0.4) is 0 Å². The first-order valence-corrected chi connectivity index (χ1v) is 6.78. The van der Waals surface area contributed by atoms with Gasteiger partial charge < -0.3 is 19.8 Å². The zero-order valence-corrected chi connectivity index (χ0v) is 11.5. The highest BCUT2D eigenvalue weighted by Gasteiger charge is 2.49. The summed E-state index contributed by atoms with van der Waals surface area (Å²) < 4.78 is 4.68. The van der Waals surface area contributed by atoms with Crippen molar-refractivity contribution in [2.24, 2.45) is 0 Å². The number of nitrogens with zero attached hydrogens (tertiary/aromatic N) is 2. The fourth-order valence-electron chi connectivity index (χ4n) is 2.77. The molecule has 0 saturated carbocycles. The van der Waals surface area contributed by atoms with Gasteiger partial charge in [-0.3, -0.25) is 0 Å². The highest BCUT2D eigenvalue weighted by atomic mass is 16.5. The number of hydrogen-bond donors (Lipinski definition) is 2. The quantitative estimate of drug-likeness (QED) is 0.854. The van der Waals surface area contributed by atoms with Crippen molar-refractivity contribution in [3.8, 4) is 0 Å². The van der Waals surface area contributed by atoms with Gasteiger partial charge in [-0.2, -0.15) is 0 Å². The molecule has 20 heavy (non-hydrogen) atoms. The average molecular weight is 281 g/mol. The number of nitrogens with one attached hydrogen (secondary N) is 1. The average Bonchev–Trinajstić information content (AvgIpc) is 3.06. The summed E-state index contributed by atoms with van der Waals surface area (Å²) in [5.41, 5.74) is -0.461. The molecule has 0 bridgehead atoms. The molecule has 1 unspecified atom stereocenters. The van der Waals surface area contributed by atoms with Crippen molar-refractivity contribution in [1.82, 2.24) is 15.4 Å². The molecule has 1 atom stereocenters. The van der Waals surface area contributed by atoms with E-state index in [4.69, 9.17) is 0 Å². The number of likely N-dealkylation sites (tertiary alicyclic amines) is 1. The first-order valence-electron chi connectivity index (χ1n) is 6.78. The molecule has 7 heteroatoms. The molecule has 0 aliphatic carbocycles. The monoisotopic (exact) mass is 281 g/mol. The number of urea groups is 1. The summed E-state index contributed by atoms with van der Waals surface area (Å²) in [5.74, 6) is -0.923. The van der Waals surface area contributed by atoms with Crippen LogP contribution in [-0.4, -0.2) is 39.2 Å². The van der Waals surface area contributed by atoms with Crippen LogP contribution in [0.2, 0.25) is 0 Å². The van der Waals surface area contributed by atoms with Crippen LogP contribution < -0.4 is 5.32 Å². The number of carboxylic acid groups (broad SMARTS) is 1. The van der Waals surface area contributed by atoms with Crippen molar-refractivity contribution in [2.75, 3.05) is 6.54 Å². The standard InChI is InChI=1S/C13H19N3O4/c1-2-5-13(11(17)18)6-3-7-16(13)12(19)14-9-10-4-8-20-15-10/h4,8H,2-3,5-7,9H2,1H3,(H,14,19)(H,17,18). The van der Waals surface area contributed by atoms with Crippen LogP contribution in [0.15, 0.2) is 16.9 Å². The van der Waals surface area contributed by atoms with Crippen LogP contribution in [0.5, 0.6) is 0 Å². The number of aliphatic carboxylic acids is 1. The summed E-state index contributed by atoms with van der Waals surface area (Å²) in [6.07, 6.45) is 3.84. The summed E-state index contributed by atoms with van der Waals surface area (Å²) in [4.78, 5) is 25.3. The van der Waals surface area contributed by atoms with E-state index in [1.54, 1.807) is 6.07 Å². The molecule has 1 aromatic rings. The second kappa shape index (κ2) is 5.94. The van der Waals surface area contributed by atoms with Crippen LogP contribution >= 0.6 is 0 Å².